The number of H-pyrrole nitrogens is 1. The minimum Gasteiger partial charge on any atom is -0.358 e. The summed E-state index contributed by atoms with van der Waals surface area (Å²) in [6.07, 6.45) is 1.96. The summed E-state index contributed by atoms with van der Waals surface area (Å²) in [6.45, 7) is 0.509. The molecule has 0 amide bonds. The fourth-order valence-corrected chi connectivity index (χ4v) is 1.39. The Morgan fingerprint density at radius 3 is 2.85 bits per heavy atom. The maximum Gasteiger partial charge on any atom is 0.342 e. The molecular formula is C7H10N4O2. The van der Waals surface area contributed by atoms with Gasteiger partial charge in [-0.2, -0.15) is 0 Å². The van der Waals surface area contributed by atoms with E-state index in [2.05, 4.69) is 10.2 Å². The fraction of sp³-hybridized carbons (Fsp3) is 0.571. The first-order chi connectivity index (χ1) is 6.18. The van der Waals surface area contributed by atoms with Crippen molar-refractivity contribution < 1.29 is 4.92 Å². The monoisotopic (exact) mass is 182 g/mol. The van der Waals surface area contributed by atoms with E-state index in [0.717, 1.165) is 18.5 Å². The van der Waals surface area contributed by atoms with Gasteiger partial charge in [0.05, 0.1) is 11.8 Å². The molecule has 6 heteroatoms. The highest BCUT2D eigenvalue weighted by Gasteiger charge is 2.46. The van der Waals surface area contributed by atoms with E-state index >= 15 is 0 Å². The Kier molecular flexibility index (Phi) is 1.59. The van der Waals surface area contributed by atoms with E-state index in [1.165, 1.54) is 6.07 Å². The van der Waals surface area contributed by atoms with Gasteiger partial charge in [-0.3, -0.25) is 0 Å². The van der Waals surface area contributed by atoms with E-state index < -0.39 is 4.92 Å². The van der Waals surface area contributed by atoms with Crippen LogP contribution >= 0.6 is 0 Å². The highest BCUT2D eigenvalue weighted by Crippen LogP contribution is 2.46. The Labute approximate surface area is 74.3 Å². The van der Waals surface area contributed by atoms with Gasteiger partial charge in [-0.05, 0) is 17.8 Å². The summed E-state index contributed by atoms with van der Waals surface area (Å²) < 4.78 is 0. The zero-order valence-corrected chi connectivity index (χ0v) is 6.99. The second kappa shape index (κ2) is 2.53. The van der Waals surface area contributed by atoms with E-state index in [4.69, 9.17) is 5.73 Å². The molecule has 1 aliphatic carbocycles. The van der Waals surface area contributed by atoms with Crippen molar-refractivity contribution in [2.75, 3.05) is 6.54 Å². The number of nitro groups is 1. The van der Waals surface area contributed by atoms with Crippen LogP contribution in [-0.4, -0.2) is 21.7 Å². The van der Waals surface area contributed by atoms with Crippen molar-refractivity contribution in [2.45, 2.75) is 18.3 Å². The highest BCUT2D eigenvalue weighted by atomic mass is 16.6. The fourth-order valence-electron chi connectivity index (χ4n) is 1.39. The molecule has 1 aromatic heterocycles. The number of hydrogen-bond donors (Lipinski definition) is 2. The van der Waals surface area contributed by atoms with E-state index in [1.807, 2.05) is 0 Å². The molecule has 0 unspecified atom stereocenters. The number of nitrogens with one attached hydrogen (secondary N) is 1. The molecule has 0 atom stereocenters. The average Bonchev–Trinajstić information content (AvgIpc) is 2.75. The standard InChI is InChI=1S/C7H10N4O2/c8-4-7(1-2-7)5-3-6(10-9-5)11(12)13/h3H,1-2,4,8H2,(H,9,10). The molecule has 1 fully saturated rings. The SMILES string of the molecule is NCC1(c2cc([N+](=O)[O-])[nH]n2)CC1. The van der Waals surface area contributed by atoms with E-state index in [9.17, 15) is 10.1 Å². The highest BCUT2D eigenvalue weighted by molar-refractivity contribution is 5.31. The summed E-state index contributed by atoms with van der Waals surface area (Å²) in [7, 11) is 0. The zero-order valence-electron chi connectivity index (χ0n) is 6.99. The molecule has 0 spiro atoms. The number of hydrogen-bond acceptors (Lipinski definition) is 4. The van der Waals surface area contributed by atoms with Gasteiger partial charge in [-0.15, -0.1) is 5.10 Å². The minimum atomic E-state index is -0.483. The zero-order chi connectivity index (χ0) is 9.47. The molecule has 1 aliphatic rings. The Hall–Kier alpha value is -1.43. The predicted octanol–water partition coefficient (Wildman–Crippen LogP) is 0.308. The van der Waals surface area contributed by atoms with Crippen LogP contribution in [-0.2, 0) is 5.41 Å². The summed E-state index contributed by atoms with van der Waals surface area (Å²) in [4.78, 5) is 9.87. The Morgan fingerprint density at radius 1 is 1.77 bits per heavy atom. The lowest BCUT2D eigenvalue weighted by molar-refractivity contribution is -0.389. The molecule has 2 rings (SSSR count). The van der Waals surface area contributed by atoms with Crippen molar-refractivity contribution in [3.8, 4) is 0 Å². The Balaban J connectivity index is 2.28. The first kappa shape index (κ1) is 8.18. The number of nitrogens with zero attached hydrogens (tertiary/aromatic N) is 2. The van der Waals surface area contributed by atoms with Crippen molar-refractivity contribution in [2.24, 2.45) is 5.73 Å². The van der Waals surface area contributed by atoms with Crippen LogP contribution in [0, 0.1) is 10.1 Å². The number of nitrogens with two attached hydrogens (primary N) is 1. The van der Waals surface area contributed by atoms with Gasteiger partial charge >= 0.3 is 5.82 Å². The minimum absolute atomic E-state index is 0.0604. The maximum absolute atomic E-state index is 10.4. The summed E-state index contributed by atoms with van der Waals surface area (Å²) in [6, 6.07) is 1.47. The summed E-state index contributed by atoms with van der Waals surface area (Å²) in [5, 5.41) is 16.6. The smallest absolute Gasteiger partial charge is 0.342 e. The van der Waals surface area contributed by atoms with Crippen molar-refractivity contribution in [3.05, 3.63) is 21.9 Å². The first-order valence-electron chi connectivity index (χ1n) is 4.08. The average molecular weight is 182 g/mol. The van der Waals surface area contributed by atoms with Crippen LogP contribution < -0.4 is 5.73 Å². The number of aromatic nitrogens is 2. The summed E-state index contributed by atoms with van der Waals surface area (Å²) >= 11 is 0. The molecule has 0 aromatic carbocycles. The van der Waals surface area contributed by atoms with Crippen LogP contribution in [0.1, 0.15) is 18.5 Å². The van der Waals surface area contributed by atoms with Gasteiger partial charge < -0.3 is 15.8 Å². The third kappa shape index (κ3) is 1.19. The van der Waals surface area contributed by atoms with Crippen LogP contribution in [0.15, 0.2) is 6.07 Å². The van der Waals surface area contributed by atoms with Gasteiger partial charge in [0.2, 0.25) is 0 Å². The van der Waals surface area contributed by atoms with Crippen LogP contribution in [0.2, 0.25) is 0 Å². The van der Waals surface area contributed by atoms with Crippen LogP contribution in [0.5, 0.6) is 0 Å². The van der Waals surface area contributed by atoms with Crippen LogP contribution in [0.3, 0.4) is 0 Å². The molecule has 0 bridgehead atoms. The molecule has 1 heterocycles. The van der Waals surface area contributed by atoms with E-state index in [-0.39, 0.29) is 11.2 Å². The van der Waals surface area contributed by atoms with Gasteiger partial charge in [0.25, 0.3) is 0 Å². The molecule has 0 saturated heterocycles. The van der Waals surface area contributed by atoms with E-state index in [1.54, 1.807) is 0 Å². The predicted molar refractivity (Wildman–Crippen MR) is 45.2 cm³/mol. The third-order valence-electron chi connectivity index (χ3n) is 2.55. The molecule has 0 aliphatic heterocycles. The van der Waals surface area contributed by atoms with Gasteiger partial charge in [0, 0.05) is 12.0 Å². The van der Waals surface area contributed by atoms with Gasteiger partial charge in [-0.25, -0.2) is 0 Å². The molecule has 1 saturated carbocycles. The second-order valence-electron chi connectivity index (χ2n) is 3.38. The van der Waals surface area contributed by atoms with Crippen molar-refractivity contribution in [1.29, 1.82) is 0 Å². The summed E-state index contributed by atoms with van der Waals surface area (Å²) in [5.74, 6) is -0.0604. The maximum atomic E-state index is 10.4. The number of aromatic amines is 1. The molecule has 3 N–H and O–H groups in total. The molecular weight excluding hydrogens is 172 g/mol. The van der Waals surface area contributed by atoms with Crippen molar-refractivity contribution >= 4 is 5.82 Å². The molecule has 13 heavy (non-hydrogen) atoms. The lowest BCUT2D eigenvalue weighted by atomic mass is 10.0. The summed E-state index contributed by atoms with van der Waals surface area (Å²) in [5.41, 5.74) is 6.21. The number of rotatable bonds is 3. The normalized spacial score (nSPS) is 18.5. The van der Waals surface area contributed by atoms with Gasteiger partial charge in [0.1, 0.15) is 0 Å². The molecule has 70 valence electrons. The molecule has 1 aromatic rings. The van der Waals surface area contributed by atoms with Crippen molar-refractivity contribution in [1.82, 2.24) is 10.2 Å². The lowest BCUT2D eigenvalue weighted by Crippen LogP contribution is -2.19. The largest absolute Gasteiger partial charge is 0.358 e. The topological polar surface area (TPSA) is 97.8 Å². The third-order valence-corrected chi connectivity index (χ3v) is 2.55. The first-order valence-corrected chi connectivity index (χ1v) is 4.08. The van der Waals surface area contributed by atoms with Crippen LogP contribution in [0.25, 0.3) is 0 Å². The van der Waals surface area contributed by atoms with Crippen molar-refractivity contribution in [3.63, 3.8) is 0 Å². The van der Waals surface area contributed by atoms with Crippen LogP contribution in [0.4, 0.5) is 5.82 Å². The van der Waals surface area contributed by atoms with Gasteiger partial charge in [0.15, 0.2) is 0 Å². The second-order valence-corrected chi connectivity index (χ2v) is 3.38. The van der Waals surface area contributed by atoms with E-state index in [0.29, 0.717) is 6.54 Å². The Bertz CT molecular complexity index is 342. The molecule has 6 nitrogen and oxygen atoms in total. The lowest BCUT2D eigenvalue weighted by Gasteiger charge is -2.04. The van der Waals surface area contributed by atoms with Gasteiger partial charge in [-0.1, -0.05) is 5.10 Å². The molecule has 0 radical (unpaired) electrons. The quantitative estimate of drug-likeness (QED) is 0.519. The Morgan fingerprint density at radius 2 is 2.46 bits per heavy atom.